The van der Waals surface area contributed by atoms with E-state index in [4.69, 9.17) is 5.73 Å². The Balaban J connectivity index is 1.83. The third-order valence-electron chi connectivity index (χ3n) is 3.64. The zero-order valence-electron chi connectivity index (χ0n) is 10.7. The second-order valence-corrected chi connectivity index (χ2v) is 5.96. The van der Waals surface area contributed by atoms with Crippen LogP contribution in [0.1, 0.15) is 18.4 Å². The fraction of sp³-hybridized carbons (Fsp3) is 0.500. The molecule has 1 atom stereocenters. The van der Waals surface area contributed by atoms with Crippen LogP contribution in [0.5, 0.6) is 0 Å². The van der Waals surface area contributed by atoms with Crippen LogP contribution in [-0.2, 0) is 11.3 Å². The van der Waals surface area contributed by atoms with Crippen LogP contribution in [0.2, 0.25) is 0 Å². The van der Waals surface area contributed by atoms with E-state index in [1.54, 1.807) is 0 Å². The van der Waals surface area contributed by atoms with Crippen molar-refractivity contribution < 1.29 is 9.18 Å². The average Bonchev–Trinajstić information content (AvgIpc) is 2.41. The van der Waals surface area contributed by atoms with Crippen molar-refractivity contribution in [1.82, 2.24) is 4.90 Å². The zero-order valence-corrected chi connectivity index (χ0v) is 12.3. The van der Waals surface area contributed by atoms with E-state index in [1.807, 2.05) is 12.1 Å². The van der Waals surface area contributed by atoms with Crippen LogP contribution < -0.4 is 5.73 Å². The molecule has 104 valence electrons. The van der Waals surface area contributed by atoms with Crippen LogP contribution in [-0.4, -0.2) is 30.1 Å². The Hall–Kier alpha value is -0.940. The first-order chi connectivity index (χ1) is 9.06. The monoisotopic (exact) mass is 328 g/mol. The highest BCUT2D eigenvalue weighted by Crippen LogP contribution is 2.24. The van der Waals surface area contributed by atoms with Gasteiger partial charge in [0, 0.05) is 16.9 Å². The van der Waals surface area contributed by atoms with E-state index in [-0.39, 0.29) is 5.92 Å². The van der Waals surface area contributed by atoms with E-state index in [0.29, 0.717) is 12.8 Å². The highest BCUT2D eigenvalue weighted by Gasteiger charge is 2.29. The number of hydrogen-bond acceptors (Lipinski definition) is 2. The number of alkyl halides is 1. The van der Waals surface area contributed by atoms with Crippen molar-refractivity contribution in [2.75, 3.05) is 13.1 Å². The Kier molecular flexibility index (Phi) is 4.93. The quantitative estimate of drug-likeness (QED) is 0.922. The maximum absolute atomic E-state index is 13.5. The van der Waals surface area contributed by atoms with Crippen LogP contribution in [0.4, 0.5) is 4.39 Å². The van der Waals surface area contributed by atoms with E-state index in [2.05, 4.69) is 33.0 Å². The summed E-state index contributed by atoms with van der Waals surface area (Å²) in [6.07, 6.45) is -0.101. The summed E-state index contributed by atoms with van der Waals surface area (Å²) < 4.78 is 14.6. The number of carbonyl (C=O) groups excluding carboxylic acids is 1. The Morgan fingerprint density at radius 2 is 1.95 bits per heavy atom. The molecular weight excluding hydrogens is 311 g/mol. The number of rotatable bonds is 4. The van der Waals surface area contributed by atoms with Gasteiger partial charge in [0.1, 0.15) is 0 Å². The van der Waals surface area contributed by atoms with E-state index < -0.39 is 12.1 Å². The summed E-state index contributed by atoms with van der Waals surface area (Å²) in [7, 11) is 0. The molecule has 0 saturated carbocycles. The number of piperidine rings is 1. The van der Waals surface area contributed by atoms with Crippen LogP contribution >= 0.6 is 15.9 Å². The van der Waals surface area contributed by atoms with Crippen LogP contribution in [0.25, 0.3) is 0 Å². The number of carbonyl (C=O) groups is 1. The minimum absolute atomic E-state index is 0.210. The van der Waals surface area contributed by atoms with Gasteiger partial charge in [-0.25, -0.2) is 4.39 Å². The first-order valence-corrected chi connectivity index (χ1v) is 7.26. The summed E-state index contributed by atoms with van der Waals surface area (Å²) in [5.41, 5.74) is 6.25. The lowest BCUT2D eigenvalue weighted by molar-refractivity contribution is -0.125. The Morgan fingerprint density at radius 1 is 1.37 bits per heavy atom. The molecule has 1 aromatic carbocycles. The molecule has 1 aromatic rings. The highest BCUT2D eigenvalue weighted by molar-refractivity contribution is 9.10. The molecule has 19 heavy (non-hydrogen) atoms. The fourth-order valence-electron chi connectivity index (χ4n) is 2.48. The molecule has 5 heteroatoms. The molecule has 0 spiro atoms. The number of halogens is 2. The van der Waals surface area contributed by atoms with E-state index >= 15 is 0 Å². The molecule has 1 fully saturated rings. The van der Waals surface area contributed by atoms with Gasteiger partial charge < -0.3 is 5.73 Å². The lowest BCUT2D eigenvalue weighted by atomic mass is 9.91. The van der Waals surface area contributed by atoms with Gasteiger partial charge in [0.15, 0.2) is 6.17 Å². The standard InChI is InChI=1S/C14H18BrFN2O/c15-12-3-1-10(2-4-12)9-18-7-5-11(6-8-18)13(16)14(17)19/h1-4,11,13H,5-9H2,(H2,17,19). The lowest BCUT2D eigenvalue weighted by Gasteiger charge is -2.32. The molecule has 0 bridgehead atoms. The number of benzene rings is 1. The van der Waals surface area contributed by atoms with Gasteiger partial charge in [-0.05, 0) is 43.6 Å². The molecule has 1 amide bonds. The largest absolute Gasteiger partial charge is 0.367 e. The molecule has 3 nitrogen and oxygen atoms in total. The Labute approximate surface area is 121 Å². The molecule has 1 unspecified atom stereocenters. The van der Waals surface area contributed by atoms with E-state index in [9.17, 15) is 9.18 Å². The molecular formula is C14H18BrFN2O. The minimum Gasteiger partial charge on any atom is -0.367 e. The summed E-state index contributed by atoms with van der Waals surface area (Å²) in [5.74, 6) is -1.04. The van der Waals surface area contributed by atoms with Crippen LogP contribution in [0, 0.1) is 5.92 Å². The molecule has 2 N–H and O–H groups in total. The molecule has 1 saturated heterocycles. The van der Waals surface area contributed by atoms with Gasteiger partial charge in [-0.2, -0.15) is 0 Å². The third-order valence-corrected chi connectivity index (χ3v) is 4.17. The zero-order chi connectivity index (χ0) is 13.8. The first kappa shape index (κ1) is 14.5. The molecule has 1 aliphatic rings. The van der Waals surface area contributed by atoms with E-state index in [1.165, 1.54) is 5.56 Å². The smallest absolute Gasteiger partial charge is 0.252 e. The SMILES string of the molecule is NC(=O)C(F)C1CCN(Cc2ccc(Br)cc2)CC1. The normalized spacial score (nSPS) is 19.3. The predicted molar refractivity (Wildman–Crippen MR) is 76.2 cm³/mol. The summed E-state index contributed by atoms with van der Waals surface area (Å²) in [6.45, 7) is 2.50. The molecule has 0 radical (unpaired) electrons. The van der Waals surface area contributed by atoms with Crippen molar-refractivity contribution in [3.63, 3.8) is 0 Å². The van der Waals surface area contributed by atoms with Crippen molar-refractivity contribution in [2.45, 2.75) is 25.6 Å². The maximum atomic E-state index is 13.5. The number of primary amides is 1. The average molecular weight is 329 g/mol. The van der Waals surface area contributed by atoms with Crippen molar-refractivity contribution in [2.24, 2.45) is 11.7 Å². The highest BCUT2D eigenvalue weighted by atomic mass is 79.9. The van der Waals surface area contributed by atoms with Gasteiger partial charge in [-0.15, -0.1) is 0 Å². The third kappa shape index (κ3) is 4.01. The Morgan fingerprint density at radius 3 is 2.47 bits per heavy atom. The number of amides is 1. The first-order valence-electron chi connectivity index (χ1n) is 6.46. The van der Waals surface area contributed by atoms with Crippen LogP contribution in [0.15, 0.2) is 28.7 Å². The van der Waals surface area contributed by atoms with Gasteiger partial charge in [-0.3, -0.25) is 9.69 Å². The molecule has 0 aromatic heterocycles. The van der Waals surface area contributed by atoms with E-state index in [0.717, 1.165) is 24.1 Å². The maximum Gasteiger partial charge on any atom is 0.252 e. The molecule has 1 heterocycles. The van der Waals surface area contributed by atoms with Gasteiger partial charge >= 0.3 is 0 Å². The summed E-state index contributed by atoms with van der Waals surface area (Å²) in [5, 5.41) is 0. The number of hydrogen-bond donors (Lipinski definition) is 1. The second-order valence-electron chi connectivity index (χ2n) is 5.04. The summed E-state index contributed by atoms with van der Waals surface area (Å²) in [6, 6.07) is 8.20. The number of likely N-dealkylation sites (tertiary alicyclic amines) is 1. The van der Waals surface area contributed by atoms with Crippen molar-refractivity contribution >= 4 is 21.8 Å². The van der Waals surface area contributed by atoms with Crippen molar-refractivity contribution in [3.8, 4) is 0 Å². The molecule has 2 rings (SSSR count). The Bertz CT molecular complexity index is 430. The number of nitrogens with zero attached hydrogens (tertiary/aromatic N) is 1. The van der Waals surface area contributed by atoms with Gasteiger partial charge in [0.05, 0.1) is 0 Å². The summed E-state index contributed by atoms with van der Waals surface area (Å²) in [4.78, 5) is 13.1. The molecule has 0 aliphatic carbocycles. The van der Waals surface area contributed by atoms with Gasteiger partial charge in [-0.1, -0.05) is 28.1 Å². The summed E-state index contributed by atoms with van der Waals surface area (Å²) >= 11 is 3.41. The topological polar surface area (TPSA) is 46.3 Å². The fourth-order valence-corrected chi connectivity index (χ4v) is 2.75. The van der Waals surface area contributed by atoms with Gasteiger partial charge in [0.2, 0.25) is 0 Å². The second kappa shape index (κ2) is 6.48. The van der Waals surface area contributed by atoms with Crippen LogP contribution in [0.3, 0.4) is 0 Å². The van der Waals surface area contributed by atoms with Gasteiger partial charge in [0.25, 0.3) is 5.91 Å². The predicted octanol–water partition coefficient (Wildman–Crippen LogP) is 2.48. The lowest BCUT2D eigenvalue weighted by Crippen LogP contribution is -2.40. The van der Waals surface area contributed by atoms with Crippen molar-refractivity contribution in [3.05, 3.63) is 34.3 Å². The minimum atomic E-state index is -1.49. The number of nitrogens with two attached hydrogens (primary N) is 1. The van der Waals surface area contributed by atoms with Crippen molar-refractivity contribution in [1.29, 1.82) is 0 Å². The molecule has 1 aliphatic heterocycles.